The van der Waals surface area contributed by atoms with Gasteiger partial charge in [-0.3, -0.25) is 0 Å². The molecule has 2 unspecified atom stereocenters. The van der Waals surface area contributed by atoms with Gasteiger partial charge < -0.3 is 5.73 Å². The predicted molar refractivity (Wildman–Crippen MR) is 51.4 cm³/mol. The molecule has 82 valence electrons. The van der Waals surface area contributed by atoms with Crippen LogP contribution in [0.1, 0.15) is 29.9 Å². The molecule has 0 amide bonds. The van der Waals surface area contributed by atoms with Gasteiger partial charge in [0.05, 0.1) is 5.56 Å². The van der Waals surface area contributed by atoms with Gasteiger partial charge in [-0.2, -0.15) is 13.2 Å². The smallest absolute Gasteiger partial charge is 0.327 e. The lowest BCUT2D eigenvalue weighted by Gasteiger charge is -2.34. The molecule has 1 nitrogen and oxygen atoms in total. The second kappa shape index (κ2) is 3.52. The quantitative estimate of drug-likeness (QED) is 0.765. The van der Waals surface area contributed by atoms with Crippen LogP contribution in [0, 0.1) is 0 Å². The summed E-state index contributed by atoms with van der Waals surface area (Å²) in [5.74, 6) is 0.243. The molecular formula is C11H12F3N. The van der Waals surface area contributed by atoms with Crippen molar-refractivity contribution in [3.05, 3.63) is 35.4 Å². The molecule has 1 aliphatic rings. The van der Waals surface area contributed by atoms with Crippen molar-refractivity contribution in [3.8, 4) is 0 Å². The highest BCUT2D eigenvalue weighted by molar-refractivity contribution is 5.29. The molecule has 1 aromatic rings. The fourth-order valence-electron chi connectivity index (χ4n) is 1.86. The number of halogens is 3. The first kappa shape index (κ1) is 10.5. The van der Waals surface area contributed by atoms with Crippen molar-refractivity contribution >= 4 is 0 Å². The topological polar surface area (TPSA) is 26.0 Å². The average molecular weight is 215 g/mol. The Morgan fingerprint density at radius 3 is 2.00 bits per heavy atom. The van der Waals surface area contributed by atoms with Crippen LogP contribution < -0.4 is 5.73 Å². The van der Waals surface area contributed by atoms with Crippen LogP contribution in [-0.4, -0.2) is 6.04 Å². The molecule has 1 aliphatic carbocycles. The fourth-order valence-corrected chi connectivity index (χ4v) is 1.86. The molecule has 1 aromatic carbocycles. The summed E-state index contributed by atoms with van der Waals surface area (Å²) < 4.78 is 36.8. The van der Waals surface area contributed by atoms with Crippen LogP contribution in [0.25, 0.3) is 0 Å². The SMILES string of the molecule is NC1CCC1c1ccc(C(F)(F)F)cc1. The fraction of sp³-hybridized carbons (Fsp3) is 0.455. The second-order valence-electron chi connectivity index (χ2n) is 3.97. The van der Waals surface area contributed by atoms with Gasteiger partial charge in [-0.05, 0) is 36.5 Å². The van der Waals surface area contributed by atoms with Crippen LogP contribution in [0.5, 0.6) is 0 Å². The van der Waals surface area contributed by atoms with Crippen LogP contribution in [0.2, 0.25) is 0 Å². The van der Waals surface area contributed by atoms with E-state index in [1.807, 2.05) is 0 Å². The summed E-state index contributed by atoms with van der Waals surface area (Å²) >= 11 is 0. The van der Waals surface area contributed by atoms with Crippen molar-refractivity contribution in [1.82, 2.24) is 0 Å². The molecule has 2 atom stereocenters. The molecule has 0 aliphatic heterocycles. The number of hydrogen-bond acceptors (Lipinski definition) is 1. The predicted octanol–water partition coefficient (Wildman–Crippen LogP) is 2.91. The molecule has 2 N–H and O–H groups in total. The van der Waals surface area contributed by atoms with Crippen molar-refractivity contribution in [2.45, 2.75) is 31.0 Å². The maximum atomic E-state index is 12.3. The Hall–Kier alpha value is -1.03. The van der Waals surface area contributed by atoms with E-state index in [4.69, 9.17) is 5.73 Å². The Morgan fingerprint density at radius 1 is 1.07 bits per heavy atom. The minimum atomic E-state index is -4.25. The summed E-state index contributed by atoms with van der Waals surface area (Å²) in [6.07, 6.45) is -2.31. The first-order chi connectivity index (χ1) is 6.98. The number of hydrogen-bond donors (Lipinski definition) is 1. The minimum absolute atomic E-state index is 0.113. The number of nitrogens with two attached hydrogens (primary N) is 1. The van der Waals surface area contributed by atoms with E-state index in [0.717, 1.165) is 30.5 Å². The largest absolute Gasteiger partial charge is 0.416 e. The van der Waals surface area contributed by atoms with Gasteiger partial charge in [-0.25, -0.2) is 0 Å². The Bertz CT molecular complexity index is 342. The zero-order valence-electron chi connectivity index (χ0n) is 8.09. The normalized spacial score (nSPS) is 26.1. The van der Waals surface area contributed by atoms with E-state index in [1.54, 1.807) is 0 Å². The minimum Gasteiger partial charge on any atom is -0.327 e. The van der Waals surface area contributed by atoms with Crippen LogP contribution in [0.4, 0.5) is 13.2 Å². The van der Waals surface area contributed by atoms with E-state index in [0.29, 0.717) is 0 Å². The standard InChI is InChI=1S/C11H12F3N/c12-11(13,14)8-3-1-7(2-4-8)9-5-6-10(9)15/h1-4,9-10H,5-6,15H2. The van der Waals surface area contributed by atoms with Crippen LogP contribution in [0.3, 0.4) is 0 Å². The van der Waals surface area contributed by atoms with E-state index in [9.17, 15) is 13.2 Å². The van der Waals surface area contributed by atoms with Gasteiger partial charge in [0.1, 0.15) is 0 Å². The molecule has 0 radical (unpaired) electrons. The highest BCUT2D eigenvalue weighted by atomic mass is 19.4. The van der Waals surface area contributed by atoms with Crippen LogP contribution in [0.15, 0.2) is 24.3 Å². The molecule has 0 aromatic heterocycles. The number of benzene rings is 1. The summed E-state index contributed by atoms with van der Waals surface area (Å²) in [4.78, 5) is 0. The average Bonchev–Trinajstić information content (AvgIpc) is 2.15. The molecule has 0 saturated heterocycles. The third-order valence-corrected chi connectivity index (χ3v) is 2.99. The summed E-state index contributed by atoms with van der Waals surface area (Å²) in [6, 6.07) is 5.43. The van der Waals surface area contributed by atoms with Gasteiger partial charge >= 0.3 is 6.18 Å². The van der Waals surface area contributed by atoms with Crippen molar-refractivity contribution in [2.75, 3.05) is 0 Å². The molecular weight excluding hydrogens is 203 g/mol. The second-order valence-corrected chi connectivity index (χ2v) is 3.97. The number of rotatable bonds is 1. The lowest BCUT2D eigenvalue weighted by molar-refractivity contribution is -0.137. The van der Waals surface area contributed by atoms with Crippen molar-refractivity contribution in [3.63, 3.8) is 0 Å². The first-order valence-electron chi connectivity index (χ1n) is 4.91. The summed E-state index contributed by atoms with van der Waals surface area (Å²) in [5.41, 5.74) is 6.08. The highest BCUT2D eigenvalue weighted by Crippen LogP contribution is 2.37. The maximum absolute atomic E-state index is 12.3. The molecule has 2 rings (SSSR count). The molecule has 15 heavy (non-hydrogen) atoms. The van der Waals surface area contributed by atoms with Gasteiger partial charge in [0.2, 0.25) is 0 Å². The Morgan fingerprint density at radius 2 is 1.67 bits per heavy atom. The van der Waals surface area contributed by atoms with Crippen molar-refractivity contribution in [1.29, 1.82) is 0 Å². The van der Waals surface area contributed by atoms with Gasteiger partial charge in [0.15, 0.2) is 0 Å². The van der Waals surface area contributed by atoms with Crippen LogP contribution in [-0.2, 0) is 6.18 Å². The Labute approximate surface area is 86.1 Å². The zero-order chi connectivity index (χ0) is 11.1. The summed E-state index contributed by atoms with van der Waals surface area (Å²) in [5, 5.41) is 0. The van der Waals surface area contributed by atoms with Gasteiger partial charge in [0.25, 0.3) is 0 Å². The van der Waals surface area contributed by atoms with Gasteiger partial charge in [-0.15, -0.1) is 0 Å². The molecule has 4 heteroatoms. The lowest BCUT2D eigenvalue weighted by atomic mass is 9.75. The highest BCUT2D eigenvalue weighted by Gasteiger charge is 2.32. The first-order valence-corrected chi connectivity index (χ1v) is 4.91. The summed E-state index contributed by atoms with van der Waals surface area (Å²) in [6.45, 7) is 0. The van der Waals surface area contributed by atoms with E-state index < -0.39 is 11.7 Å². The van der Waals surface area contributed by atoms with E-state index in [1.165, 1.54) is 12.1 Å². The van der Waals surface area contributed by atoms with Crippen molar-refractivity contribution in [2.24, 2.45) is 5.73 Å². The van der Waals surface area contributed by atoms with E-state index in [-0.39, 0.29) is 12.0 Å². The molecule has 0 heterocycles. The van der Waals surface area contributed by atoms with E-state index in [2.05, 4.69) is 0 Å². The summed E-state index contributed by atoms with van der Waals surface area (Å²) in [7, 11) is 0. The third kappa shape index (κ3) is 2.00. The molecule has 0 bridgehead atoms. The van der Waals surface area contributed by atoms with Crippen LogP contribution >= 0.6 is 0 Å². The van der Waals surface area contributed by atoms with Gasteiger partial charge in [0, 0.05) is 6.04 Å². The Balaban J connectivity index is 2.17. The monoisotopic (exact) mass is 215 g/mol. The van der Waals surface area contributed by atoms with Crippen molar-refractivity contribution < 1.29 is 13.2 Å². The van der Waals surface area contributed by atoms with Gasteiger partial charge in [-0.1, -0.05) is 12.1 Å². The van der Waals surface area contributed by atoms with E-state index >= 15 is 0 Å². The molecule has 1 fully saturated rings. The zero-order valence-corrected chi connectivity index (χ0v) is 8.09. The lowest BCUT2D eigenvalue weighted by Crippen LogP contribution is -2.37. The maximum Gasteiger partial charge on any atom is 0.416 e. The molecule has 1 saturated carbocycles. The number of alkyl halides is 3. The molecule has 0 spiro atoms. The third-order valence-electron chi connectivity index (χ3n) is 2.99. The Kier molecular flexibility index (Phi) is 2.46.